The molecule has 1 aliphatic heterocycles. The molecule has 110 valence electrons. The van der Waals surface area contributed by atoms with Crippen LogP contribution in [-0.4, -0.2) is 28.9 Å². The van der Waals surface area contributed by atoms with E-state index in [0.29, 0.717) is 6.54 Å². The lowest BCUT2D eigenvalue weighted by molar-refractivity contribution is -0.133. The monoisotopic (exact) mass is 283 g/mol. The zero-order chi connectivity index (χ0) is 14.7. The number of aromatic nitrogens is 1. The van der Waals surface area contributed by atoms with Crippen molar-refractivity contribution >= 4 is 5.91 Å². The second-order valence-electron chi connectivity index (χ2n) is 5.51. The van der Waals surface area contributed by atoms with Gasteiger partial charge >= 0.3 is 0 Å². The Labute approximate surface area is 125 Å². The van der Waals surface area contributed by atoms with Gasteiger partial charge in [-0.3, -0.25) is 4.79 Å². The number of hydrogen-bond acceptors (Lipinski definition) is 2. The second kappa shape index (κ2) is 6.14. The number of hydrogen-bond donors (Lipinski definition) is 2. The van der Waals surface area contributed by atoms with Gasteiger partial charge < -0.3 is 15.6 Å². The molecule has 0 bridgehead atoms. The standard InChI is InChI=1S/C17H21N3O/c18-12-14(13-6-2-1-3-7-13)17(21)20-11-5-9-16(20)15-8-4-10-19-15/h1-4,6-8,10,14,16,19H,5,9,11-12,18H2. The highest BCUT2D eigenvalue weighted by molar-refractivity contribution is 5.84. The Morgan fingerprint density at radius 3 is 2.76 bits per heavy atom. The smallest absolute Gasteiger partial charge is 0.231 e. The average Bonchev–Trinajstić information content (AvgIpc) is 3.20. The summed E-state index contributed by atoms with van der Waals surface area (Å²) in [5.74, 6) is -0.109. The number of likely N-dealkylation sites (tertiary alicyclic amines) is 1. The molecular weight excluding hydrogens is 262 g/mol. The van der Waals surface area contributed by atoms with E-state index in [-0.39, 0.29) is 17.9 Å². The number of aromatic amines is 1. The van der Waals surface area contributed by atoms with Gasteiger partial charge in [0.1, 0.15) is 0 Å². The maximum absolute atomic E-state index is 12.9. The molecular formula is C17H21N3O. The predicted octanol–water partition coefficient (Wildman–Crippen LogP) is 2.42. The number of rotatable bonds is 4. The molecule has 0 spiro atoms. The molecule has 2 aromatic rings. The van der Waals surface area contributed by atoms with Crippen LogP contribution in [0.3, 0.4) is 0 Å². The summed E-state index contributed by atoms with van der Waals surface area (Å²) in [4.78, 5) is 18.1. The van der Waals surface area contributed by atoms with Gasteiger partial charge in [0.25, 0.3) is 0 Å². The molecule has 1 fully saturated rings. The molecule has 1 aromatic carbocycles. The number of H-pyrrole nitrogens is 1. The Balaban J connectivity index is 1.83. The third-order valence-electron chi connectivity index (χ3n) is 4.25. The molecule has 2 atom stereocenters. The maximum Gasteiger partial charge on any atom is 0.231 e. The van der Waals surface area contributed by atoms with Gasteiger partial charge in [0.2, 0.25) is 5.91 Å². The molecule has 4 heteroatoms. The van der Waals surface area contributed by atoms with E-state index < -0.39 is 0 Å². The molecule has 2 heterocycles. The highest BCUT2D eigenvalue weighted by Crippen LogP contribution is 2.33. The van der Waals surface area contributed by atoms with Crippen LogP contribution < -0.4 is 5.73 Å². The lowest BCUT2D eigenvalue weighted by Crippen LogP contribution is -2.37. The van der Waals surface area contributed by atoms with Gasteiger partial charge in [-0.05, 0) is 30.5 Å². The van der Waals surface area contributed by atoms with E-state index in [1.54, 1.807) is 0 Å². The molecule has 21 heavy (non-hydrogen) atoms. The lowest BCUT2D eigenvalue weighted by atomic mass is 9.97. The van der Waals surface area contributed by atoms with Crippen LogP contribution >= 0.6 is 0 Å². The van der Waals surface area contributed by atoms with Gasteiger partial charge in [0.15, 0.2) is 0 Å². The summed E-state index contributed by atoms with van der Waals surface area (Å²) in [6.07, 6.45) is 3.97. The molecule has 3 rings (SSSR count). The van der Waals surface area contributed by atoms with E-state index in [9.17, 15) is 4.79 Å². The number of carbonyl (C=O) groups is 1. The van der Waals surface area contributed by atoms with Crippen molar-refractivity contribution in [1.29, 1.82) is 0 Å². The molecule has 0 aliphatic carbocycles. The quantitative estimate of drug-likeness (QED) is 0.905. The lowest BCUT2D eigenvalue weighted by Gasteiger charge is -2.28. The molecule has 0 saturated carbocycles. The molecule has 3 N–H and O–H groups in total. The van der Waals surface area contributed by atoms with Crippen LogP contribution in [0.15, 0.2) is 48.7 Å². The maximum atomic E-state index is 12.9. The number of nitrogens with one attached hydrogen (secondary N) is 1. The van der Waals surface area contributed by atoms with E-state index >= 15 is 0 Å². The van der Waals surface area contributed by atoms with E-state index in [1.165, 1.54) is 0 Å². The summed E-state index contributed by atoms with van der Waals surface area (Å²) in [7, 11) is 0. The molecule has 4 nitrogen and oxygen atoms in total. The summed E-state index contributed by atoms with van der Waals surface area (Å²) in [6, 6.07) is 14.0. The molecule has 1 saturated heterocycles. The molecule has 1 aliphatic rings. The fourth-order valence-electron chi connectivity index (χ4n) is 3.17. The first-order chi connectivity index (χ1) is 10.3. The minimum absolute atomic E-state index is 0.140. The van der Waals surface area contributed by atoms with E-state index in [4.69, 9.17) is 5.73 Å². The summed E-state index contributed by atoms with van der Waals surface area (Å²) >= 11 is 0. The Morgan fingerprint density at radius 1 is 1.29 bits per heavy atom. The fraction of sp³-hybridized carbons (Fsp3) is 0.353. The molecule has 0 radical (unpaired) electrons. The Bertz CT molecular complexity index is 579. The van der Waals surface area contributed by atoms with Gasteiger partial charge in [0, 0.05) is 25.0 Å². The Kier molecular flexibility index (Phi) is 4.06. The van der Waals surface area contributed by atoms with Crippen LogP contribution in [0.4, 0.5) is 0 Å². The van der Waals surface area contributed by atoms with Crippen LogP contribution in [0.25, 0.3) is 0 Å². The molecule has 1 amide bonds. The highest BCUT2D eigenvalue weighted by Gasteiger charge is 2.34. The van der Waals surface area contributed by atoms with Gasteiger partial charge in [-0.1, -0.05) is 30.3 Å². The summed E-state index contributed by atoms with van der Waals surface area (Å²) < 4.78 is 0. The van der Waals surface area contributed by atoms with Crippen molar-refractivity contribution in [2.45, 2.75) is 24.8 Å². The van der Waals surface area contributed by atoms with Crippen LogP contribution in [0.5, 0.6) is 0 Å². The summed E-state index contributed by atoms with van der Waals surface area (Å²) in [5, 5.41) is 0. The van der Waals surface area contributed by atoms with Gasteiger partial charge in [-0.25, -0.2) is 0 Å². The zero-order valence-electron chi connectivity index (χ0n) is 12.0. The number of benzene rings is 1. The SMILES string of the molecule is NCC(C(=O)N1CCCC1c1ccc[nH]1)c1ccccc1. The minimum atomic E-state index is -0.248. The summed E-state index contributed by atoms with van der Waals surface area (Å²) in [6.45, 7) is 1.16. The van der Waals surface area contributed by atoms with Crippen molar-refractivity contribution in [2.24, 2.45) is 5.73 Å². The van der Waals surface area contributed by atoms with E-state index in [0.717, 1.165) is 30.6 Å². The van der Waals surface area contributed by atoms with Crippen molar-refractivity contribution in [2.75, 3.05) is 13.1 Å². The van der Waals surface area contributed by atoms with Crippen LogP contribution in [0, 0.1) is 0 Å². The normalized spacial score (nSPS) is 19.7. The van der Waals surface area contributed by atoms with E-state index in [2.05, 4.69) is 11.1 Å². The van der Waals surface area contributed by atoms with Crippen molar-refractivity contribution in [1.82, 2.24) is 9.88 Å². The van der Waals surface area contributed by atoms with Crippen molar-refractivity contribution in [3.05, 3.63) is 59.9 Å². The molecule has 2 unspecified atom stereocenters. The number of carbonyl (C=O) groups excluding carboxylic acids is 1. The van der Waals surface area contributed by atoms with Gasteiger partial charge in [-0.15, -0.1) is 0 Å². The van der Waals surface area contributed by atoms with Crippen LogP contribution in [-0.2, 0) is 4.79 Å². The average molecular weight is 283 g/mol. The van der Waals surface area contributed by atoms with Crippen molar-refractivity contribution < 1.29 is 4.79 Å². The number of amides is 1. The summed E-state index contributed by atoms with van der Waals surface area (Å²) in [5.41, 5.74) is 8.00. The number of nitrogens with zero attached hydrogens (tertiary/aromatic N) is 1. The van der Waals surface area contributed by atoms with Crippen LogP contribution in [0.2, 0.25) is 0 Å². The molecule has 1 aromatic heterocycles. The van der Waals surface area contributed by atoms with Crippen molar-refractivity contribution in [3.8, 4) is 0 Å². The van der Waals surface area contributed by atoms with Gasteiger partial charge in [-0.2, -0.15) is 0 Å². The van der Waals surface area contributed by atoms with Crippen molar-refractivity contribution in [3.63, 3.8) is 0 Å². The Morgan fingerprint density at radius 2 is 2.10 bits per heavy atom. The first kappa shape index (κ1) is 13.9. The minimum Gasteiger partial charge on any atom is -0.363 e. The van der Waals surface area contributed by atoms with Gasteiger partial charge in [0.05, 0.1) is 12.0 Å². The third kappa shape index (κ3) is 2.72. The predicted molar refractivity (Wildman–Crippen MR) is 82.7 cm³/mol. The first-order valence-electron chi connectivity index (χ1n) is 7.50. The number of nitrogens with two attached hydrogens (primary N) is 1. The van der Waals surface area contributed by atoms with Crippen LogP contribution in [0.1, 0.15) is 36.1 Å². The second-order valence-corrected chi connectivity index (χ2v) is 5.51. The highest BCUT2D eigenvalue weighted by atomic mass is 16.2. The fourth-order valence-corrected chi connectivity index (χ4v) is 3.17. The third-order valence-corrected chi connectivity index (χ3v) is 4.25. The first-order valence-corrected chi connectivity index (χ1v) is 7.50. The van der Waals surface area contributed by atoms with E-state index in [1.807, 2.05) is 47.5 Å². The zero-order valence-corrected chi connectivity index (χ0v) is 12.0. The largest absolute Gasteiger partial charge is 0.363 e. The topological polar surface area (TPSA) is 62.1 Å². The Hall–Kier alpha value is -2.07.